The van der Waals surface area contributed by atoms with E-state index in [1.54, 1.807) is 18.3 Å². The van der Waals surface area contributed by atoms with Gasteiger partial charge >= 0.3 is 5.97 Å². The molecule has 12 heteroatoms. The summed E-state index contributed by atoms with van der Waals surface area (Å²) in [4.78, 5) is 20.4. The number of unbranched alkanes of at least 4 members (excludes halogenated alkanes) is 8. The summed E-state index contributed by atoms with van der Waals surface area (Å²) in [5.41, 5.74) is 4.36. The lowest BCUT2D eigenvalue weighted by Gasteiger charge is -2.11. The van der Waals surface area contributed by atoms with E-state index in [1.807, 2.05) is 35.4 Å². The van der Waals surface area contributed by atoms with E-state index < -0.39 is 5.97 Å². The van der Waals surface area contributed by atoms with Crippen LogP contribution >= 0.6 is 24.0 Å². The van der Waals surface area contributed by atoms with Gasteiger partial charge in [-0.15, -0.1) is 17.5 Å². The first-order chi connectivity index (χ1) is 26.6. The van der Waals surface area contributed by atoms with E-state index >= 15 is 0 Å². The molecule has 0 amide bonds. The van der Waals surface area contributed by atoms with Crippen molar-refractivity contribution in [2.75, 3.05) is 26.4 Å². The van der Waals surface area contributed by atoms with Crippen LogP contribution in [-0.2, 0) is 40.2 Å². The van der Waals surface area contributed by atoms with Crippen molar-refractivity contribution in [2.45, 2.75) is 110 Å². The molecule has 5 rings (SSSR count). The fraction of sp³-hybridized carbons (Fsp3) is 0.488. The highest BCUT2D eigenvalue weighted by molar-refractivity contribution is 6.36. The average Bonchev–Trinajstić information content (AvgIpc) is 3.66. The number of benzene rings is 1. The van der Waals surface area contributed by atoms with Gasteiger partial charge < -0.3 is 14.2 Å². The number of ether oxygens (including phenoxy) is 3. The van der Waals surface area contributed by atoms with Gasteiger partial charge in [-0.2, -0.15) is 0 Å². The zero-order chi connectivity index (χ0) is 37.6. The molecule has 0 fully saturated rings. The first-order valence-electron chi connectivity index (χ1n) is 19.8. The van der Waals surface area contributed by atoms with Gasteiger partial charge in [0.15, 0.2) is 18.1 Å². The van der Waals surface area contributed by atoms with Crippen LogP contribution in [0.4, 0.5) is 0 Å². The van der Waals surface area contributed by atoms with Gasteiger partial charge in [0.1, 0.15) is 17.8 Å². The van der Waals surface area contributed by atoms with Gasteiger partial charge in [0.2, 0.25) is 0 Å². The van der Waals surface area contributed by atoms with Crippen molar-refractivity contribution in [3.63, 3.8) is 0 Å². The number of aryl methyl sites for hydroxylation is 4. The van der Waals surface area contributed by atoms with Gasteiger partial charge in [0.05, 0.1) is 16.8 Å². The maximum Gasteiger partial charge on any atom is 0.308 e. The van der Waals surface area contributed by atoms with E-state index in [-0.39, 0.29) is 12.4 Å². The second-order valence-corrected chi connectivity index (χ2v) is 14.3. The highest BCUT2D eigenvalue weighted by atomic mass is 35.5. The number of carbonyl (C=O) groups is 1. The van der Waals surface area contributed by atoms with E-state index in [0.29, 0.717) is 32.9 Å². The number of carbonyl (C=O) groups excluding carboxylic acids is 1. The van der Waals surface area contributed by atoms with Gasteiger partial charge in [-0.3, -0.25) is 19.4 Å². The minimum atomic E-state index is -0.434. The molecule has 0 saturated heterocycles. The van der Waals surface area contributed by atoms with Gasteiger partial charge in [-0.25, -0.2) is 4.57 Å². The first-order valence-corrected chi connectivity index (χ1v) is 20.1. The lowest BCUT2D eigenvalue weighted by Crippen LogP contribution is -2.33. The third-order valence-corrected chi connectivity index (χ3v) is 9.70. The van der Waals surface area contributed by atoms with Crippen LogP contribution in [0.15, 0.2) is 79.6 Å². The molecular formula is C43H57Cl2N6O4+. The van der Waals surface area contributed by atoms with Gasteiger partial charge in [0, 0.05) is 81.9 Å². The minimum absolute atomic E-state index is 0. The Kier molecular flexibility index (Phi) is 20.1. The number of nitrogens with zero attached hydrogens (tertiary/aromatic N) is 6. The van der Waals surface area contributed by atoms with Crippen LogP contribution in [0.2, 0.25) is 5.02 Å². The maximum atomic E-state index is 11.9. The molecule has 4 aromatic heterocycles. The van der Waals surface area contributed by atoms with Crippen LogP contribution in [0.1, 0.15) is 95.1 Å². The quantitative estimate of drug-likeness (QED) is 0.0236. The van der Waals surface area contributed by atoms with Crippen LogP contribution in [0.5, 0.6) is 5.75 Å². The van der Waals surface area contributed by atoms with Crippen molar-refractivity contribution < 1.29 is 23.6 Å². The number of rotatable bonds is 26. The fourth-order valence-electron chi connectivity index (χ4n) is 6.55. The summed E-state index contributed by atoms with van der Waals surface area (Å²) in [7, 11) is 0. The minimum Gasteiger partial charge on any atom is -0.424 e. The largest absolute Gasteiger partial charge is 0.424 e. The predicted octanol–water partition coefficient (Wildman–Crippen LogP) is 9.38. The molecular weight excluding hydrogens is 735 g/mol. The standard InChI is InChI=1S/C43H56ClN6O4.ClH/c1-35(51)54-43-39(31-40(44)38-21-13-23-46-42(38)43)41-34-50(48-47-41)26-9-5-7-11-28-53-30-16-20-37-18-14-25-49(33-37)24-8-4-2-3-6-10-27-52-29-15-19-36-17-12-22-45-32-36;/h12-14,17-18,21-23,25,31-34H,2-11,15-16,19-20,24,26-30H2,1H3;1H/q+1;. The number of hydrogen-bond acceptors (Lipinski definition) is 8. The second-order valence-electron chi connectivity index (χ2n) is 13.9. The lowest BCUT2D eigenvalue weighted by atomic mass is 10.1. The SMILES string of the molecule is CC(=O)Oc1c(-c2cn(CCCCCCOCCCc3ccc[n+](CCCCCCCCOCCCc4cccnc4)c3)nn2)cc(Cl)c2cccnc12.Cl. The Bertz CT molecular complexity index is 1840. The van der Waals surface area contributed by atoms with Crippen molar-refractivity contribution >= 4 is 40.9 Å². The van der Waals surface area contributed by atoms with Crippen LogP contribution < -0.4 is 9.30 Å². The number of hydrogen-bond donors (Lipinski definition) is 0. The molecule has 0 atom stereocenters. The molecule has 4 heterocycles. The smallest absolute Gasteiger partial charge is 0.308 e. The van der Waals surface area contributed by atoms with E-state index in [4.69, 9.17) is 25.8 Å². The highest BCUT2D eigenvalue weighted by Gasteiger charge is 2.19. The molecule has 0 saturated carbocycles. The lowest BCUT2D eigenvalue weighted by molar-refractivity contribution is -0.697. The zero-order valence-electron chi connectivity index (χ0n) is 32.3. The van der Waals surface area contributed by atoms with Crippen molar-refractivity contribution in [1.82, 2.24) is 25.0 Å². The summed E-state index contributed by atoms with van der Waals surface area (Å²) < 4.78 is 21.5. The van der Waals surface area contributed by atoms with Crippen LogP contribution in [0, 0.1) is 0 Å². The van der Waals surface area contributed by atoms with Gasteiger partial charge in [-0.1, -0.05) is 55.0 Å². The van der Waals surface area contributed by atoms with E-state index in [2.05, 4.69) is 55.4 Å². The molecule has 5 aromatic rings. The zero-order valence-corrected chi connectivity index (χ0v) is 33.8. The Hall–Kier alpha value is -3.96. The molecule has 296 valence electrons. The monoisotopic (exact) mass is 791 g/mol. The molecule has 55 heavy (non-hydrogen) atoms. The Morgan fingerprint density at radius 3 is 2.22 bits per heavy atom. The summed E-state index contributed by atoms with van der Waals surface area (Å²) in [6.07, 6.45) is 27.6. The molecule has 0 radical (unpaired) electrons. The van der Waals surface area contributed by atoms with Crippen LogP contribution in [0.3, 0.4) is 0 Å². The molecule has 1 aromatic carbocycles. The number of fused-ring (bicyclic) bond motifs is 1. The molecule has 0 spiro atoms. The topological polar surface area (TPSA) is 105 Å². The summed E-state index contributed by atoms with van der Waals surface area (Å²) in [5.74, 6) is -0.0899. The van der Waals surface area contributed by atoms with Crippen LogP contribution in [-0.4, -0.2) is 57.4 Å². The number of halogens is 2. The number of pyridine rings is 3. The molecule has 10 nitrogen and oxygen atoms in total. The van der Waals surface area contributed by atoms with Crippen molar-refractivity contribution in [2.24, 2.45) is 0 Å². The molecule has 0 bridgehead atoms. The first kappa shape index (κ1) is 43.8. The Labute approximate surface area is 337 Å². The van der Waals surface area contributed by atoms with E-state index in [9.17, 15) is 4.79 Å². The molecule has 0 aliphatic carbocycles. The summed E-state index contributed by atoms with van der Waals surface area (Å²) in [5, 5.41) is 9.86. The van der Waals surface area contributed by atoms with Crippen molar-refractivity contribution in [1.29, 1.82) is 0 Å². The normalized spacial score (nSPS) is 11.2. The summed E-state index contributed by atoms with van der Waals surface area (Å²) in [6, 6.07) is 13.9. The third-order valence-electron chi connectivity index (χ3n) is 9.39. The predicted molar refractivity (Wildman–Crippen MR) is 220 cm³/mol. The fourth-order valence-corrected chi connectivity index (χ4v) is 6.81. The maximum absolute atomic E-state index is 11.9. The number of esters is 1. The average molecular weight is 793 g/mol. The molecule has 0 unspecified atom stereocenters. The van der Waals surface area contributed by atoms with Crippen molar-refractivity contribution in [3.05, 3.63) is 95.8 Å². The summed E-state index contributed by atoms with van der Waals surface area (Å²) in [6.45, 7) is 6.49. The number of aromatic nitrogens is 6. The second kappa shape index (κ2) is 25.2. The van der Waals surface area contributed by atoms with Crippen molar-refractivity contribution in [3.8, 4) is 17.0 Å². The third kappa shape index (κ3) is 15.6. The van der Waals surface area contributed by atoms with E-state index in [0.717, 1.165) is 97.3 Å². The Morgan fingerprint density at radius 2 is 1.47 bits per heavy atom. The Balaban J connectivity index is 0.00000673. The van der Waals surface area contributed by atoms with Gasteiger partial charge in [-0.05, 0) is 87.3 Å². The highest BCUT2D eigenvalue weighted by Crippen LogP contribution is 2.39. The molecule has 0 aliphatic rings. The van der Waals surface area contributed by atoms with E-state index in [1.165, 1.54) is 50.2 Å². The molecule has 0 aliphatic heterocycles. The molecule has 0 N–H and O–H groups in total. The summed E-state index contributed by atoms with van der Waals surface area (Å²) >= 11 is 6.54. The Morgan fingerprint density at radius 1 is 0.800 bits per heavy atom. The van der Waals surface area contributed by atoms with Gasteiger partial charge in [0.25, 0.3) is 0 Å². The van der Waals surface area contributed by atoms with Crippen LogP contribution in [0.25, 0.3) is 22.2 Å².